The van der Waals surface area contributed by atoms with E-state index in [1.54, 1.807) is 4.68 Å². The molecule has 0 spiro atoms. The monoisotopic (exact) mass is 258 g/mol. The molecule has 0 aliphatic rings. The summed E-state index contributed by atoms with van der Waals surface area (Å²) in [7, 11) is 0. The van der Waals surface area contributed by atoms with Gasteiger partial charge in [0.1, 0.15) is 0 Å². The Labute approximate surface area is 112 Å². The topological polar surface area (TPSA) is 72.9 Å². The number of aromatic nitrogens is 2. The summed E-state index contributed by atoms with van der Waals surface area (Å²) < 4.78 is 1.72. The first-order valence-corrected chi connectivity index (χ1v) is 6.14. The van der Waals surface area contributed by atoms with Crippen molar-refractivity contribution < 1.29 is 4.79 Å². The summed E-state index contributed by atoms with van der Waals surface area (Å²) in [6, 6.07) is 8.94. The maximum atomic E-state index is 12.1. The predicted octanol–water partition coefficient (Wildman–Crippen LogP) is 1.39. The summed E-state index contributed by atoms with van der Waals surface area (Å²) in [6.45, 7) is 5.88. The van der Waals surface area contributed by atoms with E-state index in [9.17, 15) is 4.79 Å². The maximum absolute atomic E-state index is 12.1. The molecule has 1 aromatic heterocycles. The van der Waals surface area contributed by atoms with E-state index in [0.717, 1.165) is 22.5 Å². The van der Waals surface area contributed by atoms with Crippen molar-refractivity contribution in [2.75, 3.05) is 0 Å². The van der Waals surface area contributed by atoms with Crippen LogP contribution in [0.5, 0.6) is 0 Å². The first-order valence-electron chi connectivity index (χ1n) is 6.14. The van der Waals surface area contributed by atoms with Crippen molar-refractivity contribution in [1.29, 1.82) is 0 Å². The molecular formula is C14H18N4O. The standard InChI is InChI=1S/C14H18N4O/c1-9-10(2)17-18(11(9)3)13(14(19)16-15)12-7-5-4-6-8-12/h4-8,13H,15H2,1-3H3,(H,16,19). The molecule has 2 rings (SSSR count). The van der Waals surface area contributed by atoms with Crippen molar-refractivity contribution in [1.82, 2.24) is 15.2 Å². The Balaban J connectivity index is 2.56. The Bertz CT molecular complexity index is 589. The molecule has 1 aromatic carbocycles. The SMILES string of the molecule is Cc1nn(C(C(=O)NN)c2ccccc2)c(C)c1C. The molecule has 100 valence electrons. The highest BCUT2D eigenvalue weighted by Gasteiger charge is 2.25. The molecule has 5 nitrogen and oxygen atoms in total. The third-order valence-corrected chi connectivity index (χ3v) is 3.44. The fourth-order valence-corrected chi connectivity index (χ4v) is 2.11. The largest absolute Gasteiger partial charge is 0.292 e. The fraction of sp³-hybridized carbons (Fsp3) is 0.286. The van der Waals surface area contributed by atoms with Crippen molar-refractivity contribution >= 4 is 5.91 Å². The molecule has 0 saturated carbocycles. The lowest BCUT2D eigenvalue weighted by Gasteiger charge is -2.18. The Morgan fingerprint density at radius 2 is 1.89 bits per heavy atom. The second-order valence-corrected chi connectivity index (χ2v) is 4.56. The van der Waals surface area contributed by atoms with Gasteiger partial charge in [0.05, 0.1) is 5.69 Å². The third kappa shape index (κ3) is 2.37. The van der Waals surface area contributed by atoms with Gasteiger partial charge in [-0.2, -0.15) is 5.10 Å². The number of hydrogen-bond acceptors (Lipinski definition) is 3. The number of amides is 1. The van der Waals surface area contributed by atoms with Gasteiger partial charge < -0.3 is 0 Å². The van der Waals surface area contributed by atoms with Crippen LogP contribution in [0.4, 0.5) is 0 Å². The first-order chi connectivity index (χ1) is 9.06. The average Bonchev–Trinajstić information content (AvgIpc) is 2.68. The van der Waals surface area contributed by atoms with Crippen LogP contribution in [0, 0.1) is 20.8 Å². The van der Waals surface area contributed by atoms with Crippen LogP contribution in [0.2, 0.25) is 0 Å². The molecule has 0 saturated heterocycles. The molecule has 3 N–H and O–H groups in total. The van der Waals surface area contributed by atoms with E-state index in [1.165, 1.54) is 0 Å². The number of nitrogens with zero attached hydrogens (tertiary/aromatic N) is 2. The molecule has 2 aromatic rings. The molecule has 0 aliphatic heterocycles. The first kappa shape index (κ1) is 13.3. The molecule has 1 atom stereocenters. The van der Waals surface area contributed by atoms with E-state index in [-0.39, 0.29) is 5.91 Å². The molecule has 1 amide bonds. The Morgan fingerprint density at radius 3 is 2.37 bits per heavy atom. The molecule has 5 heteroatoms. The summed E-state index contributed by atoms with van der Waals surface area (Å²) in [6.07, 6.45) is 0. The van der Waals surface area contributed by atoms with Crippen molar-refractivity contribution in [3.8, 4) is 0 Å². The predicted molar refractivity (Wildman–Crippen MR) is 73.3 cm³/mol. The zero-order valence-electron chi connectivity index (χ0n) is 11.3. The minimum atomic E-state index is -0.543. The molecular weight excluding hydrogens is 240 g/mol. The third-order valence-electron chi connectivity index (χ3n) is 3.44. The minimum absolute atomic E-state index is 0.281. The fourth-order valence-electron chi connectivity index (χ4n) is 2.11. The molecule has 0 bridgehead atoms. The van der Waals surface area contributed by atoms with Gasteiger partial charge in [0.25, 0.3) is 5.91 Å². The molecule has 0 radical (unpaired) electrons. The minimum Gasteiger partial charge on any atom is -0.292 e. The molecule has 1 heterocycles. The van der Waals surface area contributed by atoms with Gasteiger partial charge in [-0.3, -0.25) is 14.9 Å². The van der Waals surface area contributed by atoms with Crippen LogP contribution >= 0.6 is 0 Å². The summed E-state index contributed by atoms with van der Waals surface area (Å²) in [5, 5.41) is 4.46. The number of nitrogens with two attached hydrogens (primary N) is 1. The van der Waals surface area contributed by atoms with Crippen molar-refractivity contribution in [3.63, 3.8) is 0 Å². The highest BCUT2D eigenvalue weighted by Crippen LogP contribution is 2.22. The van der Waals surface area contributed by atoms with Crippen LogP contribution in [0.15, 0.2) is 30.3 Å². The number of hydrogen-bond donors (Lipinski definition) is 2. The van der Waals surface area contributed by atoms with Crippen LogP contribution in [0.1, 0.15) is 28.6 Å². The second kappa shape index (κ2) is 5.24. The van der Waals surface area contributed by atoms with Crippen LogP contribution in [-0.4, -0.2) is 15.7 Å². The lowest BCUT2D eigenvalue weighted by atomic mass is 10.1. The quantitative estimate of drug-likeness (QED) is 0.496. The molecule has 1 unspecified atom stereocenters. The van der Waals surface area contributed by atoms with Gasteiger partial charge in [-0.1, -0.05) is 30.3 Å². The van der Waals surface area contributed by atoms with Gasteiger partial charge in [0.15, 0.2) is 6.04 Å². The lowest BCUT2D eigenvalue weighted by molar-refractivity contribution is -0.123. The van der Waals surface area contributed by atoms with E-state index in [2.05, 4.69) is 10.5 Å². The number of carbonyl (C=O) groups excluding carboxylic acids is 1. The number of benzene rings is 1. The zero-order chi connectivity index (χ0) is 14.0. The van der Waals surface area contributed by atoms with Crippen molar-refractivity contribution in [2.45, 2.75) is 26.8 Å². The summed E-state index contributed by atoms with van der Waals surface area (Å²) >= 11 is 0. The molecule has 0 fully saturated rings. The summed E-state index contributed by atoms with van der Waals surface area (Å²) in [4.78, 5) is 12.1. The van der Waals surface area contributed by atoms with Crippen LogP contribution in [0.3, 0.4) is 0 Å². The maximum Gasteiger partial charge on any atom is 0.263 e. The Hall–Kier alpha value is -2.14. The number of carbonyl (C=O) groups is 1. The normalized spacial score (nSPS) is 12.2. The highest BCUT2D eigenvalue weighted by atomic mass is 16.2. The van der Waals surface area contributed by atoms with E-state index in [4.69, 9.17) is 5.84 Å². The zero-order valence-corrected chi connectivity index (χ0v) is 11.3. The second-order valence-electron chi connectivity index (χ2n) is 4.56. The lowest BCUT2D eigenvalue weighted by Crippen LogP contribution is -2.38. The van der Waals surface area contributed by atoms with Crippen LogP contribution in [0.25, 0.3) is 0 Å². The van der Waals surface area contributed by atoms with Gasteiger partial charge in [0.2, 0.25) is 0 Å². The molecule has 0 aliphatic carbocycles. The van der Waals surface area contributed by atoms with Gasteiger partial charge in [-0.05, 0) is 31.9 Å². The van der Waals surface area contributed by atoms with E-state index >= 15 is 0 Å². The van der Waals surface area contributed by atoms with Gasteiger partial charge >= 0.3 is 0 Å². The van der Waals surface area contributed by atoms with Crippen molar-refractivity contribution in [2.24, 2.45) is 5.84 Å². The summed E-state index contributed by atoms with van der Waals surface area (Å²) in [5.74, 6) is 5.02. The van der Waals surface area contributed by atoms with E-state index in [1.807, 2.05) is 51.1 Å². The van der Waals surface area contributed by atoms with Gasteiger partial charge in [0, 0.05) is 5.69 Å². The van der Waals surface area contributed by atoms with Gasteiger partial charge in [-0.25, -0.2) is 5.84 Å². The van der Waals surface area contributed by atoms with Crippen LogP contribution < -0.4 is 11.3 Å². The van der Waals surface area contributed by atoms with Crippen molar-refractivity contribution in [3.05, 3.63) is 52.8 Å². The summed E-state index contributed by atoms with van der Waals surface area (Å²) in [5.41, 5.74) is 6.05. The number of rotatable bonds is 3. The smallest absolute Gasteiger partial charge is 0.263 e. The van der Waals surface area contributed by atoms with E-state index in [0.29, 0.717) is 0 Å². The van der Waals surface area contributed by atoms with Crippen LogP contribution in [-0.2, 0) is 4.79 Å². The number of nitrogens with one attached hydrogen (secondary N) is 1. The number of aryl methyl sites for hydroxylation is 1. The van der Waals surface area contributed by atoms with E-state index < -0.39 is 6.04 Å². The Kier molecular flexibility index (Phi) is 3.66. The highest BCUT2D eigenvalue weighted by molar-refractivity contribution is 5.83. The average molecular weight is 258 g/mol. The molecule has 19 heavy (non-hydrogen) atoms. The number of hydrazine groups is 1. The van der Waals surface area contributed by atoms with Gasteiger partial charge in [-0.15, -0.1) is 0 Å². The Morgan fingerprint density at radius 1 is 1.26 bits per heavy atom.